The Morgan fingerprint density at radius 1 is 1.21 bits per heavy atom. The topological polar surface area (TPSA) is 103 Å². The minimum absolute atomic E-state index is 0.000660. The number of amides is 1. The number of rotatable bonds is 5. The number of thiophene rings is 1. The molecule has 4 rings (SSSR count). The van der Waals surface area contributed by atoms with Gasteiger partial charge in [-0.15, -0.1) is 11.3 Å². The molecule has 0 saturated carbocycles. The SMILES string of the molecule is CCOC(=O)c1nn(-c2ccc(C(F)(F)F)cc2)c(=O)c2c(NC(=O)c3ccco3)scc12. The first-order valence-corrected chi connectivity index (χ1v) is 10.3. The Labute approximate surface area is 187 Å². The van der Waals surface area contributed by atoms with Crippen LogP contribution in [0.1, 0.15) is 33.5 Å². The molecule has 1 N–H and O–H groups in total. The lowest BCUT2D eigenvalue weighted by molar-refractivity contribution is -0.137. The maximum absolute atomic E-state index is 13.3. The third-order valence-electron chi connectivity index (χ3n) is 4.53. The molecule has 0 saturated heterocycles. The predicted octanol–water partition coefficient (Wildman–Crippen LogP) is 4.49. The number of nitrogens with zero attached hydrogens (tertiary/aromatic N) is 2. The van der Waals surface area contributed by atoms with Crippen molar-refractivity contribution in [2.24, 2.45) is 0 Å². The molecule has 3 aromatic heterocycles. The Balaban J connectivity index is 1.88. The highest BCUT2D eigenvalue weighted by Gasteiger charge is 2.30. The standard InChI is InChI=1S/C21H14F3N3O5S/c1-2-31-20(30)16-13-10-33-18(25-17(28)14-4-3-9-32-14)15(13)19(29)27(26-16)12-7-5-11(6-8-12)21(22,23)24/h3-10H,2H2,1H3,(H,25,28). The van der Waals surface area contributed by atoms with Gasteiger partial charge in [-0.25, -0.2) is 4.79 Å². The van der Waals surface area contributed by atoms with Crippen LogP contribution >= 0.6 is 11.3 Å². The number of hydrogen-bond donors (Lipinski definition) is 1. The Morgan fingerprint density at radius 2 is 1.94 bits per heavy atom. The number of carbonyl (C=O) groups excluding carboxylic acids is 2. The fraction of sp³-hybridized carbons (Fsp3) is 0.143. The highest BCUT2D eigenvalue weighted by Crippen LogP contribution is 2.32. The molecular weight excluding hydrogens is 463 g/mol. The maximum Gasteiger partial charge on any atom is 0.416 e. The van der Waals surface area contributed by atoms with Gasteiger partial charge >= 0.3 is 12.1 Å². The van der Waals surface area contributed by atoms with Crippen molar-refractivity contribution >= 4 is 39.0 Å². The average Bonchev–Trinajstić information content (AvgIpc) is 3.45. The van der Waals surface area contributed by atoms with Gasteiger partial charge in [0.15, 0.2) is 11.5 Å². The van der Waals surface area contributed by atoms with E-state index in [9.17, 15) is 27.6 Å². The first-order chi connectivity index (χ1) is 15.7. The lowest BCUT2D eigenvalue weighted by atomic mass is 10.2. The summed E-state index contributed by atoms with van der Waals surface area (Å²) < 4.78 is 49.6. The summed E-state index contributed by atoms with van der Waals surface area (Å²) in [5.41, 5.74) is -1.88. The van der Waals surface area contributed by atoms with Gasteiger partial charge in [0.25, 0.3) is 11.5 Å². The van der Waals surface area contributed by atoms with Crippen molar-refractivity contribution in [3.8, 4) is 5.69 Å². The number of esters is 1. The van der Waals surface area contributed by atoms with E-state index >= 15 is 0 Å². The van der Waals surface area contributed by atoms with Crippen molar-refractivity contribution in [1.29, 1.82) is 0 Å². The minimum Gasteiger partial charge on any atom is -0.461 e. The van der Waals surface area contributed by atoms with Crippen molar-refractivity contribution in [3.05, 3.63) is 75.4 Å². The largest absolute Gasteiger partial charge is 0.461 e. The van der Waals surface area contributed by atoms with Crippen molar-refractivity contribution in [2.45, 2.75) is 13.1 Å². The van der Waals surface area contributed by atoms with Crippen LogP contribution in [0.2, 0.25) is 0 Å². The summed E-state index contributed by atoms with van der Waals surface area (Å²) in [5.74, 6) is -1.46. The summed E-state index contributed by atoms with van der Waals surface area (Å²) in [4.78, 5) is 38.2. The molecule has 0 unspecified atom stereocenters. The molecule has 1 amide bonds. The molecule has 1 aromatic carbocycles. The molecule has 0 atom stereocenters. The van der Waals surface area contributed by atoms with E-state index in [1.54, 1.807) is 6.92 Å². The van der Waals surface area contributed by atoms with Crippen molar-refractivity contribution in [3.63, 3.8) is 0 Å². The number of carbonyl (C=O) groups is 2. The summed E-state index contributed by atoms with van der Waals surface area (Å²) in [6, 6.07) is 6.66. The Bertz CT molecular complexity index is 1390. The molecule has 0 spiro atoms. The van der Waals surface area contributed by atoms with Gasteiger partial charge in [0, 0.05) is 10.8 Å². The zero-order valence-corrected chi connectivity index (χ0v) is 17.6. The number of fused-ring (bicyclic) bond motifs is 1. The summed E-state index contributed by atoms with van der Waals surface area (Å²) in [5, 5.41) is 8.28. The summed E-state index contributed by atoms with van der Waals surface area (Å²) >= 11 is 0.978. The van der Waals surface area contributed by atoms with Crippen LogP contribution in [-0.2, 0) is 10.9 Å². The Hall–Kier alpha value is -3.93. The molecule has 0 radical (unpaired) electrons. The van der Waals surface area contributed by atoms with E-state index in [2.05, 4.69) is 10.4 Å². The van der Waals surface area contributed by atoms with Crippen LogP contribution in [0, 0.1) is 0 Å². The van der Waals surface area contributed by atoms with Gasteiger partial charge in [-0.05, 0) is 43.3 Å². The van der Waals surface area contributed by atoms with Crippen LogP contribution in [0.15, 0.2) is 57.3 Å². The second-order valence-electron chi connectivity index (χ2n) is 6.62. The van der Waals surface area contributed by atoms with Crippen molar-refractivity contribution < 1.29 is 31.9 Å². The molecule has 12 heteroatoms. The molecule has 4 aromatic rings. The van der Waals surface area contributed by atoms with Gasteiger partial charge in [0.05, 0.1) is 29.5 Å². The number of alkyl halides is 3. The van der Waals surface area contributed by atoms with Gasteiger partial charge < -0.3 is 14.5 Å². The fourth-order valence-corrected chi connectivity index (χ4v) is 3.96. The number of benzene rings is 1. The Morgan fingerprint density at radius 3 is 2.55 bits per heavy atom. The van der Waals surface area contributed by atoms with Crippen molar-refractivity contribution in [2.75, 3.05) is 11.9 Å². The fourth-order valence-electron chi connectivity index (χ4n) is 3.03. The summed E-state index contributed by atoms with van der Waals surface area (Å²) in [7, 11) is 0. The van der Waals surface area contributed by atoms with Crippen LogP contribution < -0.4 is 10.9 Å². The van der Waals surface area contributed by atoms with Gasteiger partial charge in [0.1, 0.15) is 5.00 Å². The number of ether oxygens (including phenoxy) is 1. The highest BCUT2D eigenvalue weighted by molar-refractivity contribution is 7.16. The third-order valence-corrected chi connectivity index (χ3v) is 5.43. The number of aromatic nitrogens is 2. The van der Waals surface area contributed by atoms with Crippen molar-refractivity contribution in [1.82, 2.24) is 9.78 Å². The van der Waals surface area contributed by atoms with E-state index in [1.165, 1.54) is 23.8 Å². The first-order valence-electron chi connectivity index (χ1n) is 9.45. The van der Waals surface area contributed by atoms with Crippen LogP contribution in [0.4, 0.5) is 18.2 Å². The molecule has 0 aliphatic carbocycles. The van der Waals surface area contributed by atoms with Gasteiger partial charge in [-0.2, -0.15) is 23.0 Å². The van der Waals surface area contributed by atoms with E-state index < -0.39 is 29.2 Å². The quantitative estimate of drug-likeness (QED) is 0.425. The number of hydrogen-bond acceptors (Lipinski definition) is 7. The van der Waals surface area contributed by atoms with E-state index in [1.807, 2.05) is 0 Å². The van der Waals surface area contributed by atoms with Gasteiger partial charge in [-0.3, -0.25) is 9.59 Å². The van der Waals surface area contributed by atoms with Crippen LogP contribution in [-0.4, -0.2) is 28.3 Å². The van der Waals surface area contributed by atoms with Crippen LogP contribution in [0.5, 0.6) is 0 Å². The zero-order valence-electron chi connectivity index (χ0n) is 16.8. The van der Waals surface area contributed by atoms with Crippen LogP contribution in [0.25, 0.3) is 16.5 Å². The monoisotopic (exact) mass is 477 g/mol. The zero-order chi connectivity index (χ0) is 23.8. The predicted molar refractivity (Wildman–Crippen MR) is 113 cm³/mol. The third kappa shape index (κ3) is 4.24. The normalized spacial score (nSPS) is 11.5. The molecule has 0 aliphatic rings. The van der Waals surface area contributed by atoms with E-state index in [-0.39, 0.29) is 39.5 Å². The Kier molecular flexibility index (Phi) is 5.77. The number of nitrogens with one attached hydrogen (secondary N) is 1. The first kappa shape index (κ1) is 22.3. The smallest absolute Gasteiger partial charge is 0.416 e. The molecular formula is C21H14F3N3O5S. The molecule has 8 nitrogen and oxygen atoms in total. The lowest BCUT2D eigenvalue weighted by Gasteiger charge is -2.11. The number of furan rings is 1. The average molecular weight is 477 g/mol. The molecule has 0 bridgehead atoms. The van der Waals surface area contributed by atoms with Crippen LogP contribution in [0.3, 0.4) is 0 Å². The molecule has 0 fully saturated rings. The van der Waals surface area contributed by atoms with E-state index in [0.29, 0.717) is 0 Å². The van der Waals surface area contributed by atoms with Gasteiger partial charge in [0.2, 0.25) is 0 Å². The number of halogens is 3. The maximum atomic E-state index is 13.3. The summed E-state index contributed by atoms with van der Waals surface area (Å²) in [6.07, 6.45) is -3.25. The lowest BCUT2D eigenvalue weighted by Crippen LogP contribution is -2.25. The highest BCUT2D eigenvalue weighted by atomic mass is 32.1. The molecule has 170 valence electrons. The molecule has 3 heterocycles. The second kappa shape index (κ2) is 8.54. The van der Waals surface area contributed by atoms with E-state index in [4.69, 9.17) is 9.15 Å². The molecule has 33 heavy (non-hydrogen) atoms. The molecule has 0 aliphatic heterocycles. The number of anilines is 1. The summed E-state index contributed by atoms with van der Waals surface area (Å²) in [6.45, 7) is 1.62. The minimum atomic E-state index is -4.56. The second-order valence-corrected chi connectivity index (χ2v) is 7.50. The van der Waals surface area contributed by atoms with E-state index in [0.717, 1.165) is 40.3 Å². The van der Waals surface area contributed by atoms with Gasteiger partial charge in [-0.1, -0.05) is 0 Å².